The molecule has 0 aliphatic heterocycles. The highest BCUT2D eigenvalue weighted by Gasteiger charge is 2.24. The molecule has 0 bridgehead atoms. The number of carbonyl (C=O) groups excluding carboxylic acids is 1. The van der Waals surface area contributed by atoms with Gasteiger partial charge in [-0.2, -0.15) is 5.10 Å². The average molecular weight is 343 g/mol. The van der Waals surface area contributed by atoms with Gasteiger partial charge in [0.15, 0.2) is 0 Å². The first-order valence-electron chi connectivity index (χ1n) is 8.61. The molecule has 2 heterocycles. The summed E-state index contributed by atoms with van der Waals surface area (Å²) in [5, 5.41) is 10.4. The van der Waals surface area contributed by atoms with E-state index in [4.69, 9.17) is 0 Å². The number of aryl methyl sites for hydroxylation is 2. The Kier molecular flexibility index (Phi) is 4.41. The summed E-state index contributed by atoms with van der Waals surface area (Å²) in [7, 11) is 0. The number of aromatic nitrogens is 3. The fraction of sp³-hybridized carbons (Fsp3) is 0.500. The minimum Gasteiger partial charge on any atom is -0.331 e. The van der Waals surface area contributed by atoms with Gasteiger partial charge in [-0.15, -0.1) is 0 Å². The maximum atomic E-state index is 12.5. The maximum Gasteiger partial charge on any atom is 0.320 e. The summed E-state index contributed by atoms with van der Waals surface area (Å²) in [5.41, 5.74) is 2.42. The molecule has 25 heavy (non-hydrogen) atoms. The molecular weight excluding hydrogens is 318 g/mol. The van der Waals surface area contributed by atoms with Crippen LogP contribution in [0.4, 0.5) is 10.6 Å². The molecule has 1 aliphatic rings. The Morgan fingerprint density at radius 1 is 1.36 bits per heavy atom. The van der Waals surface area contributed by atoms with E-state index in [1.807, 2.05) is 44.5 Å². The standard InChI is InChI=1S/C18H25N5O2/c1-11-10-15(23(22-11)18(2,3)4)21-17(25)20-14-7-5-6-13-12(14)8-9-16(24)19-13/h8-10,14H,5-7H2,1-4H3,(H,19,24)(H2,20,21,25). The molecule has 2 aromatic heterocycles. The van der Waals surface area contributed by atoms with Crippen molar-refractivity contribution in [3.63, 3.8) is 0 Å². The van der Waals surface area contributed by atoms with Crippen molar-refractivity contribution < 1.29 is 4.79 Å². The molecular formula is C18H25N5O2. The van der Waals surface area contributed by atoms with Crippen molar-refractivity contribution in [2.75, 3.05) is 5.32 Å². The summed E-state index contributed by atoms with van der Waals surface area (Å²) in [4.78, 5) is 26.9. The Morgan fingerprint density at radius 3 is 2.84 bits per heavy atom. The number of nitrogens with zero attached hydrogens (tertiary/aromatic N) is 2. The molecule has 0 fully saturated rings. The Balaban J connectivity index is 1.76. The second-order valence-corrected chi connectivity index (χ2v) is 7.55. The van der Waals surface area contributed by atoms with Gasteiger partial charge in [-0.3, -0.25) is 10.1 Å². The van der Waals surface area contributed by atoms with E-state index in [1.54, 1.807) is 0 Å². The third kappa shape index (κ3) is 3.75. The first-order valence-corrected chi connectivity index (χ1v) is 8.61. The van der Waals surface area contributed by atoms with Gasteiger partial charge in [-0.1, -0.05) is 0 Å². The lowest BCUT2D eigenvalue weighted by Gasteiger charge is -2.26. The molecule has 0 saturated heterocycles. The summed E-state index contributed by atoms with van der Waals surface area (Å²) in [6.07, 6.45) is 2.61. The molecule has 0 aromatic carbocycles. The molecule has 3 rings (SSSR count). The molecule has 7 heteroatoms. The number of pyridine rings is 1. The van der Waals surface area contributed by atoms with Crippen molar-refractivity contribution >= 4 is 11.8 Å². The van der Waals surface area contributed by atoms with Crippen LogP contribution in [0.2, 0.25) is 0 Å². The smallest absolute Gasteiger partial charge is 0.320 e. The number of amides is 2. The number of hydrogen-bond acceptors (Lipinski definition) is 3. The van der Waals surface area contributed by atoms with E-state index >= 15 is 0 Å². The van der Waals surface area contributed by atoms with Crippen LogP contribution in [0, 0.1) is 6.92 Å². The van der Waals surface area contributed by atoms with Crippen LogP contribution >= 0.6 is 0 Å². The van der Waals surface area contributed by atoms with Gasteiger partial charge in [0.25, 0.3) is 0 Å². The van der Waals surface area contributed by atoms with Crippen molar-refractivity contribution in [3.05, 3.63) is 45.5 Å². The lowest BCUT2D eigenvalue weighted by atomic mass is 9.91. The van der Waals surface area contributed by atoms with Crippen LogP contribution in [0.3, 0.4) is 0 Å². The fourth-order valence-corrected chi connectivity index (χ4v) is 3.26. The molecule has 1 unspecified atom stereocenters. The monoisotopic (exact) mass is 343 g/mol. The van der Waals surface area contributed by atoms with Gasteiger partial charge in [-0.05, 0) is 58.6 Å². The largest absolute Gasteiger partial charge is 0.331 e. The molecule has 7 nitrogen and oxygen atoms in total. The summed E-state index contributed by atoms with van der Waals surface area (Å²) in [5.74, 6) is 0.667. The first kappa shape index (κ1) is 17.3. The van der Waals surface area contributed by atoms with Crippen molar-refractivity contribution in [1.29, 1.82) is 0 Å². The number of urea groups is 1. The summed E-state index contributed by atoms with van der Waals surface area (Å²) in [6, 6.07) is 4.80. The van der Waals surface area contributed by atoms with Crippen LogP contribution in [0.5, 0.6) is 0 Å². The number of carbonyl (C=O) groups is 1. The van der Waals surface area contributed by atoms with Gasteiger partial charge in [0.2, 0.25) is 5.56 Å². The van der Waals surface area contributed by atoms with Crippen LogP contribution < -0.4 is 16.2 Å². The molecule has 134 valence electrons. The molecule has 2 aromatic rings. The Labute approximate surface area is 146 Å². The van der Waals surface area contributed by atoms with Crippen LogP contribution in [0.25, 0.3) is 0 Å². The zero-order chi connectivity index (χ0) is 18.2. The van der Waals surface area contributed by atoms with Crippen molar-refractivity contribution in [2.24, 2.45) is 0 Å². The van der Waals surface area contributed by atoms with Crippen LogP contribution in [0.15, 0.2) is 23.0 Å². The molecule has 0 saturated carbocycles. The highest BCUT2D eigenvalue weighted by molar-refractivity contribution is 5.88. The van der Waals surface area contributed by atoms with E-state index in [0.29, 0.717) is 5.82 Å². The van der Waals surface area contributed by atoms with Gasteiger partial charge in [-0.25, -0.2) is 9.48 Å². The topological polar surface area (TPSA) is 91.8 Å². The maximum absolute atomic E-state index is 12.5. The second-order valence-electron chi connectivity index (χ2n) is 7.55. The van der Waals surface area contributed by atoms with Gasteiger partial charge < -0.3 is 10.3 Å². The van der Waals surface area contributed by atoms with Crippen LogP contribution in [-0.2, 0) is 12.0 Å². The lowest BCUT2D eigenvalue weighted by Crippen LogP contribution is -2.36. The number of rotatable bonds is 2. The molecule has 3 N–H and O–H groups in total. The van der Waals surface area contributed by atoms with E-state index < -0.39 is 0 Å². The molecule has 0 spiro atoms. The van der Waals surface area contributed by atoms with Crippen LogP contribution in [0.1, 0.15) is 56.6 Å². The van der Waals surface area contributed by atoms with E-state index in [2.05, 4.69) is 20.7 Å². The van der Waals surface area contributed by atoms with Crippen molar-refractivity contribution in [2.45, 2.75) is 58.5 Å². The Bertz CT molecular complexity index is 844. The predicted molar refractivity (Wildman–Crippen MR) is 96.9 cm³/mol. The molecule has 2 amide bonds. The van der Waals surface area contributed by atoms with Crippen LogP contribution in [-0.4, -0.2) is 20.8 Å². The summed E-state index contributed by atoms with van der Waals surface area (Å²) >= 11 is 0. The highest BCUT2D eigenvalue weighted by Crippen LogP contribution is 2.28. The lowest BCUT2D eigenvalue weighted by molar-refractivity contribution is 0.246. The summed E-state index contributed by atoms with van der Waals surface area (Å²) in [6.45, 7) is 8.02. The number of H-pyrrole nitrogens is 1. The van der Waals surface area contributed by atoms with Gasteiger partial charge in [0.1, 0.15) is 5.82 Å². The van der Waals surface area contributed by atoms with E-state index in [-0.39, 0.29) is 23.2 Å². The van der Waals surface area contributed by atoms with Gasteiger partial charge in [0, 0.05) is 17.8 Å². The number of anilines is 1. The second kappa shape index (κ2) is 6.38. The number of nitrogens with one attached hydrogen (secondary N) is 3. The fourth-order valence-electron chi connectivity index (χ4n) is 3.26. The first-order chi connectivity index (χ1) is 11.7. The highest BCUT2D eigenvalue weighted by atomic mass is 16.2. The number of hydrogen-bond donors (Lipinski definition) is 3. The zero-order valence-corrected chi connectivity index (χ0v) is 15.1. The van der Waals surface area contributed by atoms with E-state index in [0.717, 1.165) is 36.2 Å². The third-order valence-corrected chi connectivity index (χ3v) is 4.35. The number of aromatic amines is 1. The average Bonchev–Trinajstić information content (AvgIpc) is 2.87. The Morgan fingerprint density at radius 2 is 2.12 bits per heavy atom. The summed E-state index contributed by atoms with van der Waals surface area (Å²) < 4.78 is 1.81. The Hall–Kier alpha value is -2.57. The molecule has 1 aliphatic carbocycles. The quantitative estimate of drug-likeness (QED) is 0.783. The SMILES string of the molecule is Cc1cc(NC(=O)NC2CCCc3[nH]c(=O)ccc32)n(C(C)(C)C)n1. The van der Waals surface area contributed by atoms with Crippen molar-refractivity contribution in [1.82, 2.24) is 20.1 Å². The molecule has 1 atom stereocenters. The van der Waals surface area contributed by atoms with Gasteiger partial charge in [0.05, 0.1) is 17.3 Å². The third-order valence-electron chi connectivity index (χ3n) is 4.35. The van der Waals surface area contributed by atoms with Gasteiger partial charge >= 0.3 is 6.03 Å². The van der Waals surface area contributed by atoms with Crippen molar-refractivity contribution in [3.8, 4) is 0 Å². The minimum absolute atomic E-state index is 0.103. The molecule has 0 radical (unpaired) electrons. The minimum atomic E-state index is -0.269. The zero-order valence-electron chi connectivity index (χ0n) is 15.1. The van der Waals surface area contributed by atoms with E-state index in [1.165, 1.54) is 6.07 Å². The van der Waals surface area contributed by atoms with E-state index in [9.17, 15) is 9.59 Å². The normalized spacial score (nSPS) is 17.0. The predicted octanol–water partition coefficient (Wildman–Crippen LogP) is 2.83. The number of fused-ring (bicyclic) bond motifs is 1.